The van der Waals surface area contributed by atoms with Gasteiger partial charge in [0.15, 0.2) is 0 Å². The molecule has 1 amide bonds. The van der Waals surface area contributed by atoms with Crippen LogP contribution < -0.4 is 14.4 Å². The number of carbonyl (C=O) groups is 1. The van der Waals surface area contributed by atoms with Gasteiger partial charge in [-0.1, -0.05) is 52.3 Å². The van der Waals surface area contributed by atoms with E-state index < -0.39 is 0 Å². The highest BCUT2D eigenvalue weighted by Crippen LogP contribution is 2.26. The Morgan fingerprint density at radius 1 is 0.935 bits per heavy atom. The van der Waals surface area contributed by atoms with Crippen LogP contribution in [-0.2, 0) is 6.61 Å². The van der Waals surface area contributed by atoms with Crippen LogP contribution in [0.2, 0.25) is 0 Å². The summed E-state index contributed by atoms with van der Waals surface area (Å²) in [6.45, 7) is 3.27. The van der Waals surface area contributed by atoms with Crippen molar-refractivity contribution in [3.63, 3.8) is 0 Å². The van der Waals surface area contributed by atoms with E-state index in [-0.39, 0.29) is 5.91 Å². The highest BCUT2D eigenvalue weighted by molar-refractivity contribution is 9.10. The average molecular weight is 481 g/mol. The second-order valence-electron chi connectivity index (χ2n) is 7.36. The van der Waals surface area contributed by atoms with E-state index in [0.717, 1.165) is 34.6 Å². The molecule has 3 aromatic carbocycles. The molecule has 0 spiro atoms. The second kappa shape index (κ2) is 9.88. The molecule has 1 aliphatic rings. The number of hydrogen-bond donors (Lipinski definition) is 0. The minimum Gasteiger partial charge on any atom is -0.497 e. The smallest absolute Gasteiger partial charge is 0.257 e. The normalized spacial score (nSPS) is 13.7. The molecule has 5 nitrogen and oxygen atoms in total. The van der Waals surface area contributed by atoms with Crippen LogP contribution in [0, 0.1) is 0 Å². The van der Waals surface area contributed by atoms with Gasteiger partial charge in [-0.15, -0.1) is 0 Å². The standard InChI is InChI=1S/C25H25BrN2O3/c1-30-21-9-6-8-20(17-21)27-13-15-28(16-14-27)25(29)22-10-3-5-12-24(22)31-18-19-7-2-4-11-23(19)26/h2-12,17H,13-16,18H2,1H3. The van der Waals surface area contributed by atoms with Crippen LogP contribution in [0.1, 0.15) is 15.9 Å². The summed E-state index contributed by atoms with van der Waals surface area (Å²) in [4.78, 5) is 17.4. The minimum absolute atomic E-state index is 0.00743. The zero-order chi connectivity index (χ0) is 21.6. The van der Waals surface area contributed by atoms with Crippen molar-refractivity contribution in [3.05, 3.63) is 88.4 Å². The fourth-order valence-electron chi connectivity index (χ4n) is 3.69. The Kier molecular flexibility index (Phi) is 6.77. The molecular weight excluding hydrogens is 456 g/mol. The van der Waals surface area contributed by atoms with Crippen LogP contribution in [0.5, 0.6) is 11.5 Å². The van der Waals surface area contributed by atoms with Crippen LogP contribution in [-0.4, -0.2) is 44.1 Å². The van der Waals surface area contributed by atoms with Gasteiger partial charge in [0.05, 0.1) is 12.7 Å². The lowest BCUT2D eigenvalue weighted by molar-refractivity contribution is 0.0742. The number of piperazine rings is 1. The summed E-state index contributed by atoms with van der Waals surface area (Å²) in [6, 6.07) is 23.4. The van der Waals surface area contributed by atoms with Crippen molar-refractivity contribution < 1.29 is 14.3 Å². The molecule has 160 valence electrons. The molecule has 0 unspecified atom stereocenters. The highest BCUT2D eigenvalue weighted by Gasteiger charge is 2.24. The number of amides is 1. The predicted octanol–water partition coefficient (Wildman–Crippen LogP) is 5.00. The average Bonchev–Trinajstić information content (AvgIpc) is 2.83. The Morgan fingerprint density at radius 2 is 1.68 bits per heavy atom. The Balaban J connectivity index is 1.41. The molecule has 0 N–H and O–H groups in total. The van der Waals surface area contributed by atoms with Crippen LogP contribution >= 0.6 is 15.9 Å². The summed E-state index contributed by atoms with van der Waals surface area (Å²) in [5.74, 6) is 1.46. The van der Waals surface area contributed by atoms with Gasteiger partial charge in [-0.05, 0) is 30.3 Å². The molecule has 6 heteroatoms. The van der Waals surface area contributed by atoms with Gasteiger partial charge >= 0.3 is 0 Å². The van der Waals surface area contributed by atoms with Gasteiger partial charge < -0.3 is 19.3 Å². The van der Waals surface area contributed by atoms with Crippen molar-refractivity contribution in [2.24, 2.45) is 0 Å². The Labute approximate surface area is 191 Å². The van der Waals surface area contributed by atoms with Gasteiger partial charge in [-0.2, -0.15) is 0 Å². The number of halogens is 1. The number of anilines is 1. The van der Waals surface area contributed by atoms with E-state index in [4.69, 9.17) is 9.47 Å². The highest BCUT2D eigenvalue weighted by atomic mass is 79.9. The molecule has 1 fully saturated rings. The molecule has 1 heterocycles. The van der Waals surface area contributed by atoms with Crippen LogP contribution in [0.15, 0.2) is 77.3 Å². The zero-order valence-electron chi connectivity index (χ0n) is 17.5. The van der Waals surface area contributed by atoms with Crippen molar-refractivity contribution in [3.8, 4) is 11.5 Å². The first-order chi connectivity index (χ1) is 15.2. The molecule has 31 heavy (non-hydrogen) atoms. The molecule has 1 aliphatic heterocycles. The van der Waals surface area contributed by atoms with E-state index >= 15 is 0 Å². The summed E-state index contributed by atoms with van der Waals surface area (Å²) >= 11 is 3.55. The third kappa shape index (κ3) is 5.02. The maximum absolute atomic E-state index is 13.2. The topological polar surface area (TPSA) is 42.0 Å². The molecular formula is C25H25BrN2O3. The van der Waals surface area contributed by atoms with E-state index in [9.17, 15) is 4.79 Å². The molecule has 1 saturated heterocycles. The quantitative estimate of drug-likeness (QED) is 0.497. The van der Waals surface area contributed by atoms with Gasteiger partial charge in [0.2, 0.25) is 0 Å². The van der Waals surface area contributed by atoms with E-state index in [1.54, 1.807) is 7.11 Å². The number of rotatable bonds is 6. The second-order valence-corrected chi connectivity index (χ2v) is 8.21. The Hall–Kier alpha value is -2.99. The number of hydrogen-bond acceptors (Lipinski definition) is 4. The Morgan fingerprint density at radius 3 is 2.45 bits per heavy atom. The predicted molar refractivity (Wildman–Crippen MR) is 126 cm³/mol. The summed E-state index contributed by atoms with van der Waals surface area (Å²) < 4.78 is 12.4. The molecule has 0 bridgehead atoms. The number of para-hydroxylation sites is 1. The third-order valence-electron chi connectivity index (χ3n) is 5.44. The molecule has 0 aliphatic carbocycles. The molecule has 0 saturated carbocycles. The molecule has 0 aromatic heterocycles. The number of ether oxygens (including phenoxy) is 2. The maximum atomic E-state index is 13.2. The number of benzene rings is 3. The van der Waals surface area contributed by atoms with Gasteiger partial charge in [-0.3, -0.25) is 4.79 Å². The fourth-order valence-corrected chi connectivity index (χ4v) is 4.08. The monoisotopic (exact) mass is 480 g/mol. The first-order valence-corrected chi connectivity index (χ1v) is 11.1. The molecule has 0 radical (unpaired) electrons. The van der Waals surface area contributed by atoms with Gasteiger partial charge in [0, 0.05) is 48.0 Å². The van der Waals surface area contributed by atoms with Crippen LogP contribution in [0.4, 0.5) is 5.69 Å². The lowest BCUT2D eigenvalue weighted by Crippen LogP contribution is -2.48. The SMILES string of the molecule is COc1cccc(N2CCN(C(=O)c3ccccc3OCc3ccccc3Br)CC2)c1. The van der Waals surface area contributed by atoms with Crippen LogP contribution in [0.3, 0.4) is 0 Å². The Bertz CT molecular complexity index is 1050. The number of methoxy groups -OCH3 is 1. The molecule has 3 aromatic rings. The maximum Gasteiger partial charge on any atom is 0.257 e. The van der Waals surface area contributed by atoms with Crippen molar-refractivity contribution >= 4 is 27.5 Å². The lowest BCUT2D eigenvalue weighted by atomic mass is 10.1. The van der Waals surface area contributed by atoms with E-state index in [2.05, 4.69) is 26.9 Å². The van der Waals surface area contributed by atoms with E-state index in [1.165, 1.54) is 0 Å². The first-order valence-electron chi connectivity index (χ1n) is 10.3. The van der Waals surface area contributed by atoms with Crippen molar-refractivity contribution in [2.75, 3.05) is 38.2 Å². The minimum atomic E-state index is 0.00743. The molecule has 4 rings (SSSR count). The summed E-state index contributed by atoms with van der Waals surface area (Å²) in [5.41, 5.74) is 2.75. The van der Waals surface area contributed by atoms with Crippen molar-refractivity contribution in [1.82, 2.24) is 4.90 Å². The van der Waals surface area contributed by atoms with Crippen molar-refractivity contribution in [1.29, 1.82) is 0 Å². The van der Waals surface area contributed by atoms with E-state index in [1.807, 2.05) is 71.6 Å². The van der Waals surface area contributed by atoms with Crippen molar-refractivity contribution in [2.45, 2.75) is 6.61 Å². The van der Waals surface area contributed by atoms with Crippen LogP contribution in [0.25, 0.3) is 0 Å². The fraction of sp³-hybridized carbons (Fsp3) is 0.240. The van der Waals surface area contributed by atoms with Gasteiger partial charge in [0.1, 0.15) is 18.1 Å². The summed E-state index contributed by atoms with van der Waals surface area (Å²) in [7, 11) is 1.67. The largest absolute Gasteiger partial charge is 0.497 e. The van der Waals surface area contributed by atoms with E-state index in [0.29, 0.717) is 31.0 Å². The summed E-state index contributed by atoms with van der Waals surface area (Å²) in [5, 5.41) is 0. The van der Waals surface area contributed by atoms with Gasteiger partial charge in [0.25, 0.3) is 5.91 Å². The first kappa shape index (κ1) is 21.2. The zero-order valence-corrected chi connectivity index (χ0v) is 19.0. The lowest BCUT2D eigenvalue weighted by Gasteiger charge is -2.36. The summed E-state index contributed by atoms with van der Waals surface area (Å²) in [6.07, 6.45) is 0. The van der Waals surface area contributed by atoms with Gasteiger partial charge in [-0.25, -0.2) is 0 Å². The molecule has 0 atom stereocenters. The third-order valence-corrected chi connectivity index (χ3v) is 6.22. The number of carbonyl (C=O) groups excluding carboxylic acids is 1. The number of nitrogens with zero attached hydrogens (tertiary/aromatic N) is 2.